The molecule has 0 saturated carbocycles. The van der Waals surface area contributed by atoms with Crippen molar-refractivity contribution in [2.75, 3.05) is 5.73 Å². The molecule has 0 heterocycles. The number of aryl methyl sites for hydroxylation is 1. The van der Waals surface area contributed by atoms with Gasteiger partial charge in [0.1, 0.15) is 5.75 Å². The van der Waals surface area contributed by atoms with Crippen LogP contribution in [0.5, 0.6) is 5.75 Å². The third-order valence-electron chi connectivity index (χ3n) is 3.46. The highest BCUT2D eigenvalue weighted by Crippen LogP contribution is 2.39. The summed E-state index contributed by atoms with van der Waals surface area (Å²) in [6, 6.07) is 3.69. The first-order valence-corrected chi connectivity index (χ1v) is 9.08. The van der Waals surface area contributed by atoms with E-state index in [0.717, 1.165) is 11.3 Å². The Labute approximate surface area is 110 Å². The summed E-state index contributed by atoms with van der Waals surface area (Å²) in [5.74, 6) is 0.762. The van der Waals surface area contributed by atoms with E-state index < -0.39 is 8.32 Å². The van der Waals surface area contributed by atoms with Crippen LogP contribution in [0.25, 0.3) is 0 Å². The van der Waals surface area contributed by atoms with Crippen LogP contribution < -0.4 is 10.2 Å². The van der Waals surface area contributed by atoms with Crippen LogP contribution in [0, 0.1) is 6.92 Å². The molecule has 0 aliphatic carbocycles. The number of hydrogen-bond acceptors (Lipinski definition) is 2. The normalized spacial score (nSPS) is 12.6. The Bertz CT molecular complexity index is 424. The molecule has 0 aliphatic rings. The maximum absolute atomic E-state index is 6.19. The summed E-state index contributed by atoms with van der Waals surface area (Å²) in [6.45, 7) is 13.0. The molecule has 0 fully saturated rings. The fourth-order valence-corrected chi connectivity index (χ4v) is 2.39. The molecule has 0 aromatic heterocycles. The molecule has 17 heavy (non-hydrogen) atoms. The van der Waals surface area contributed by atoms with Crippen LogP contribution >= 0.6 is 11.6 Å². The van der Waals surface area contributed by atoms with Gasteiger partial charge in [-0.1, -0.05) is 32.4 Å². The number of benzene rings is 1. The quantitative estimate of drug-likeness (QED) is 0.629. The van der Waals surface area contributed by atoms with Crippen LogP contribution in [0.2, 0.25) is 23.2 Å². The van der Waals surface area contributed by atoms with E-state index in [-0.39, 0.29) is 5.04 Å². The first kappa shape index (κ1) is 14.4. The molecule has 96 valence electrons. The van der Waals surface area contributed by atoms with Gasteiger partial charge in [0.2, 0.25) is 0 Å². The molecule has 1 rings (SSSR count). The second kappa shape index (κ2) is 4.54. The third-order valence-corrected chi connectivity index (χ3v) is 8.21. The lowest BCUT2D eigenvalue weighted by molar-refractivity contribution is 0.494. The highest BCUT2D eigenvalue weighted by Gasteiger charge is 2.39. The standard InChI is InChI=1S/C13H22ClNOSi/c1-9-7-12(11(15)8-10(9)14)16-17(5,6)13(2,3)4/h7-8H,15H2,1-6H3. The van der Waals surface area contributed by atoms with E-state index in [2.05, 4.69) is 33.9 Å². The Hall–Kier alpha value is -0.673. The molecule has 0 saturated heterocycles. The van der Waals surface area contributed by atoms with Crippen LogP contribution in [-0.2, 0) is 0 Å². The smallest absolute Gasteiger partial charge is 0.250 e. The van der Waals surface area contributed by atoms with Gasteiger partial charge in [-0.2, -0.15) is 0 Å². The molecule has 2 nitrogen and oxygen atoms in total. The fourth-order valence-electron chi connectivity index (χ4n) is 1.19. The van der Waals surface area contributed by atoms with Gasteiger partial charge in [-0.15, -0.1) is 0 Å². The fraction of sp³-hybridized carbons (Fsp3) is 0.538. The lowest BCUT2D eigenvalue weighted by Gasteiger charge is -2.36. The molecule has 0 atom stereocenters. The van der Waals surface area contributed by atoms with Gasteiger partial charge in [0, 0.05) is 5.02 Å². The van der Waals surface area contributed by atoms with E-state index in [4.69, 9.17) is 21.8 Å². The predicted molar refractivity (Wildman–Crippen MR) is 78.4 cm³/mol. The van der Waals surface area contributed by atoms with Gasteiger partial charge < -0.3 is 10.2 Å². The molecular formula is C13H22ClNOSi. The summed E-state index contributed by atoms with van der Waals surface area (Å²) in [5, 5.41) is 0.845. The van der Waals surface area contributed by atoms with E-state index in [9.17, 15) is 0 Å². The van der Waals surface area contributed by atoms with Crippen LogP contribution in [0.15, 0.2) is 12.1 Å². The SMILES string of the molecule is Cc1cc(O[Si](C)(C)C(C)(C)C)c(N)cc1Cl. The average Bonchev–Trinajstić information content (AvgIpc) is 2.12. The summed E-state index contributed by atoms with van der Waals surface area (Å²) < 4.78 is 6.19. The van der Waals surface area contributed by atoms with Crippen LogP contribution in [0.4, 0.5) is 5.69 Å². The number of halogens is 1. The van der Waals surface area contributed by atoms with Crippen molar-refractivity contribution in [3.63, 3.8) is 0 Å². The largest absolute Gasteiger partial charge is 0.542 e. The van der Waals surface area contributed by atoms with Crippen molar-refractivity contribution in [3.05, 3.63) is 22.7 Å². The van der Waals surface area contributed by atoms with Gasteiger partial charge in [-0.25, -0.2) is 0 Å². The second-order valence-electron chi connectivity index (χ2n) is 6.00. The molecule has 0 unspecified atom stereocenters. The highest BCUT2D eigenvalue weighted by molar-refractivity contribution is 6.74. The Kier molecular flexibility index (Phi) is 3.84. The molecule has 0 aliphatic heterocycles. The highest BCUT2D eigenvalue weighted by atomic mass is 35.5. The van der Waals surface area contributed by atoms with Gasteiger partial charge >= 0.3 is 0 Å². The Morgan fingerprint density at radius 1 is 1.24 bits per heavy atom. The molecule has 2 N–H and O–H groups in total. The summed E-state index contributed by atoms with van der Waals surface area (Å²) in [4.78, 5) is 0. The number of anilines is 1. The van der Waals surface area contributed by atoms with E-state index in [1.165, 1.54) is 0 Å². The lowest BCUT2D eigenvalue weighted by Crippen LogP contribution is -2.44. The van der Waals surface area contributed by atoms with Crippen molar-refractivity contribution >= 4 is 25.6 Å². The lowest BCUT2D eigenvalue weighted by atomic mass is 10.2. The first-order valence-electron chi connectivity index (χ1n) is 5.79. The maximum Gasteiger partial charge on any atom is 0.250 e. The van der Waals surface area contributed by atoms with E-state index >= 15 is 0 Å². The number of nitrogen functional groups attached to an aromatic ring is 1. The molecule has 0 bridgehead atoms. The minimum absolute atomic E-state index is 0.160. The van der Waals surface area contributed by atoms with Gasteiger partial charge in [-0.3, -0.25) is 0 Å². The van der Waals surface area contributed by atoms with Gasteiger partial charge in [0.15, 0.2) is 0 Å². The summed E-state index contributed by atoms with van der Waals surface area (Å²) in [6.07, 6.45) is 0. The van der Waals surface area contributed by atoms with Crippen LogP contribution in [0.3, 0.4) is 0 Å². The number of hydrogen-bond donors (Lipinski definition) is 1. The molecule has 1 aromatic carbocycles. The Balaban J connectivity index is 3.08. The summed E-state index contributed by atoms with van der Waals surface area (Å²) in [7, 11) is -1.84. The van der Waals surface area contributed by atoms with E-state index in [1.807, 2.05) is 13.0 Å². The van der Waals surface area contributed by atoms with E-state index in [0.29, 0.717) is 10.7 Å². The van der Waals surface area contributed by atoms with Crippen molar-refractivity contribution in [3.8, 4) is 5.75 Å². The number of nitrogens with two attached hydrogens (primary N) is 1. The Morgan fingerprint density at radius 3 is 2.24 bits per heavy atom. The maximum atomic E-state index is 6.19. The van der Waals surface area contributed by atoms with Crippen LogP contribution in [-0.4, -0.2) is 8.32 Å². The minimum Gasteiger partial charge on any atom is -0.542 e. The van der Waals surface area contributed by atoms with E-state index in [1.54, 1.807) is 6.07 Å². The van der Waals surface area contributed by atoms with Crippen molar-refractivity contribution in [2.24, 2.45) is 0 Å². The zero-order chi connectivity index (χ0) is 13.4. The first-order chi connectivity index (χ1) is 7.54. The molecular weight excluding hydrogens is 250 g/mol. The topological polar surface area (TPSA) is 35.2 Å². The number of rotatable bonds is 2. The zero-order valence-electron chi connectivity index (χ0n) is 11.5. The minimum atomic E-state index is -1.84. The third kappa shape index (κ3) is 3.17. The average molecular weight is 272 g/mol. The van der Waals surface area contributed by atoms with Gasteiger partial charge in [0.05, 0.1) is 5.69 Å². The van der Waals surface area contributed by atoms with Crippen molar-refractivity contribution in [2.45, 2.75) is 45.8 Å². The van der Waals surface area contributed by atoms with Crippen molar-refractivity contribution in [1.29, 1.82) is 0 Å². The van der Waals surface area contributed by atoms with Gasteiger partial charge in [0.25, 0.3) is 8.32 Å². The predicted octanol–water partition coefficient (Wildman–Crippen LogP) is 4.61. The molecule has 0 spiro atoms. The molecule has 1 aromatic rings. The molecule has 0 radical (unpaired) electrons. The summed E-state index contributed by atoms with van der Waals surface area (Å²) >= 11 is 6.02. The van der Waals surface area contributed by atoms with Crippen LogP contribution in [0.1, 0.15) is 26.3 Å². The molecule has 4 heteroatoms. The zero-order valence-corrected chi connectivity index (χ0v) is 13.3. The van der Waals surface area contributed by atoms with Crippen molar-refractivity contribution < 1.29 is 4.43 Å². The molecule has 0 amide bonds. The second-order valence-corrected chi connectivity index (χ2v) is 11.1. The summed E-state index contributed by atoms with van der Waals surface area (Å²) in [5.41, 5.74) is 7.56. The van der Waals surface area contributed by atoms with Gasteiger partial charge in [-0.05, 0) is 42.8 Å². The van der Waals surface area contributed by atoms with Crippen molar-refractivity contribution in [1.82, 2.24) is 0 Å². The Morgan fingerprint density at radius 2 is 1.76 bits per heavy atom. The monoisotopic (exact) mass is 271 g/mol.